The second-order valence-electron chi connectivity index (χ2n) is 8.58. The van der Waals surface area contributed by atoms with Crippen LogP contribution in [0.25, 0.3) is 5.69 Å². The third-order valence-electron chi connectivity index (χ3n) is 5.51. The van der Waals surface area contributed by atoms with Crippen molar-refractivity contribution in [1.29, 1.82) is 0 Å². The molecular weight excluding hydrogens is 473 g/mol. The van der Waals surface area contributed by atoms with E-state index >= 15 is 4.39 Å². The van der Waals surface area contributed by atoms with Crippen molar-refractivity contribution < 1.29 is 28.9 Å². The van der Waals surface area contributed by atoms with Crippen LogP contribution in [0.4, 0.5) is 10.1 Å². The maximum Gasteiger partial charge on any atom is 0.350 e. The predicted molar refractivity (Wildman–Crippen MR) is 129 cm³/mol. The molecule has 36 heavy (non-hydrogen) atoms. The van der Waals surface area contributed by atoms with Crippen molar-refractivity contribution >= 4 is 11.6 Å². The molecule has 12 heteroatoms. The van der Waals surface area contributed by atoms with Gasteiger partial charge in [-0.05, 0) is 44.9 Å². The van der Waals surface area contributed by atoms with Crippen molar-refractivity contribution in [3.63, 3.8) is 0 Å². The molecule has 0 fully saturated rings. The summed E-state index contributed by atoms with van der Waals surface area (Å²) in [6.45, 7) is 6.55. The Bertz CT molecular complexity index is 1330. The maximum atomic E-state index is 15.3. The summed E-state index contributed by atoms with van der Waals surface area (Å²) in [4.78, 5) is 30.1. The molecule has 3 rings (SSSR count). The number of aromatic nitrogens is 4. The van der Waals surface area contributed by atoms with Crippen LogP contribution in [-0.4, -0.2) is 48.7 Å². The van der Waals surface area contributed by atoms with Crippen LogP contribution in [0.5, 0.6) is 11.6 Å². The van der Waals surface area contributed by atoms with Crippen LogP contribution in [0, 0.1) is 12.7 Å². The van der Waals surface area contributed by atoms with E-state index < -0.39 is 29.0 Å². The van der Waals surface area contributed by atoms with Crippen LogP contribution in [0.1, 0.15) is 55.4 Å². The van der Waals surface area contributed by atoms with Gasteiger partial charge in [0.1, 0.15) is 22.9 Å². The second kappa shape index (κ2) is 10.5. The van der Waals surface area contributed by atoms with Gasteiger partial charge in [-0.1, -0.05) is 13.3 Å². The Morgan fingerprint density at radius 2 is 2.03 bits per heavy atom. The van der Waals surface area contributed by atoms with Gasteiger partial charge in [0.05, 0.1) is 18.8 Å². The van der Waals surface area contributed by atoms with E-state index in [-0.39, 0.29) is 29.0 Å². The van der Waals surface area contributed by atoms with Crippen LogP contribution >= 0.6 is 0 Å². The predicted octanol–water partition coefficient (Wildman–Crippen LogP) is 2.40. The molecule has 1 amide bonds. The molecule has 0 aliphatic heterocycles. The number of methoxy groups -OCH3 is 1. The highest BCUT2D eigenvalue weighted by Crippen LogP contribution is 2.30. The first kappa shape index (κ1) is 26.8. The lowest BCUT2D eigenvalue weighted by molar-refractivity contribution is -0.161. The zero-order valence-corrected chi connectivity index (χ0v) is 21.0. The first-order chi connectivity index (χ1) is 16.9. The standard InChI is InChI=1S/C24H30FN5O6/c1-7-8-14(3)36-18-12-17(30-23(32)29(5)22(28-30)24(4,33)34)16(25)11-15(18)20(31)27-19-13(2)9-10-26-21(19)35-6/h9-12,14,33-34H,7-8H2,1-6H3,(H,27,31)/t14-/m0/s1. The molecule has 3 aromatic rings. The second-order valence-corrected chi connectivity index (χ2v) is 8.58. The highest BCUT2D eigenvalue weighted by molar-refractivity contribution is 6.07. The molecule has 0 aliphatic rings. The summed E-state index contributed by atoms with van der Waals surface area (Å²) < 4.78 is 28.1. The molecule has 2 aromatic heterocycles. The van der Waals surface area contributed by atoms with Crippen LogP contribution < -0.4 is 20.5 Å². The number of aliphatic hydroxyl groups is 2. The number of benzene rings is 1. The Morgan fingerprint density at radius 3 is 2.61 bits per heavy atom. The number of ether oxygens (including phenoxy) is 2. The van der Waals surface area contributed by atoms with Gasteiger partial charge in [-0.15, -0.1) is 5.10 Å². The van der Waals surface area contributed by atoms with Gasteiger partial charge < -0.3 is 25.0 Å². The molecule has 0 radical (unpaired) electrons. The lowest BCUT2D eigenvalue weighted by Crippen LogP contribution is -2.28. The van der Waals surface area contributed by atoms with Crippen molar-refractivity contribution in [2.24, 2.45) is 7.05 Å². The number of hydrogen-bond acceptors (Lipinski definition) is 8. The van der Waals surface area contributed by atoms with Gasteiger partial charge >= 0.3 is 5.69 Å². The van der Waals surface area contributed by atoms with E-state index in [2.05, 4.69) is 15.4 Å². The van der Waals surface area contributed by atoms with E-state index in [9.17, 15) is 19.8 Å². The quantitative estimate of drug-likeness (QED) is 0.378. The summed E-state index contributed by atoms with van der Waals surface area (Å²) in [6, 6.07) is 3.81. The average Bonchev–Trinajstić information content (AvgIpc) is 3.10. The molecule has 0 spiro atoms. The topological polar surface area (TPSA) is 141 Å². The van der Waals surface area contributed by atoms with Gasteiger partial charge in [0.2, 0.25) is 11.7 Å². The van der Waals surface area contributed by atoms with Gasteiger partial charge in [0.15, 0.2) is 5.82 Å². The Morgan fingerprint density at radius 1 is 1.33 bits per heavy atom. The zero-order chi connectivity index (χ0) is 26.8. The third-order valence-corrected chi connectivity index (χ3v) is 5.51. The van der Waals surface area contributed by atoms with Gasteiger partial charge in [0.25, 0.3) is 5.91 Å². The Labute approximate surface area is 207 Å². The number of halogens is 1. The molecule has 194 valence electrons. The maximum absolute atomic E-state index is 15.3. The summed E-state index contributed by atoms with van der Waals surface area (Å²) >= 11 is 0. The Kier molecular flexibility index (Phi) is 7.80. The average molecular weight is 504 g/mol. The van der Waals surface area contributed by atoms with Gasteiger partial charge in [-0.3, -0.25) is 9.36 Å². The highest BCUT2D eigenvalue weighted by atomic mass is 19.1. The molecule has 0 saturated heterocycles. The zero-order valence-electron chi connectivity index (χ0n) is 21.0. The SMILES string of the molecule is CCC[C@H](C)Oc1cc(-n2nc(C(C)(O)O)n(C)c2=O)c(F)cc1C(=O)Nc1c(C)ccnc1OC. The van der Waals surface area contributed by atoms with E-state index in [1.807, 2.05) is 6.92 Å². The monoisotopic (exact) mass is 503 g/mol. The fourth-order valence-corrected chi connectivity index (χ4v) is 3.69. The summed E-state index contributed by atoms with van der Waals surface area (Å²) in [5, 5.41) is 26.4. The number of carbonyl (C=O) groups excluding carboxylic acids is 1. The van der Waals surface area contributed by atoms with Crippen LogP contribution in [-0.2, 0) is 12.8 Å². The Balaban J connectivity index is 2.14. The number of nitrogens with zero attached hydrogens (tertiary/aromatic N) is 4. The lowest BCUT2D eigenvalue weighted by Gasteiger charge is -2.19. The van der Waals surface area contributed by atoms with Crippen molar-refractivity contribution in [3.05, 3.63) is 57.6 Å². The number of amides is 1. The molecule has 0 aliphatic carbocycles. The minimum Gasteiger partial charge on any atom is -0.490 e. The van der Waals surface area contributed by atoms with E-state index in [0.717, 1.165) is 24.0 Å². The van der Waals surface area contributed by atoms with Gasteiger partial charge in [0, 0.05) is 19.3 Å². The third kappa shape index (κ3) is 5.39. The first-order valence-electron chi connectivity index (χ1n) is 11.3. The summed E-state index contributed by atoms with van der Waals surface area (Å²) in [7, 11) is 2.69. The largest absolute Gasteiger partial charge is 0.490 e. The van der Waals surface area contributed by atoms with Crippen molar-refractivity contribution in [2.45, 2.75) is 52.4 Å². The molecule has 3 N–H and O–H groups in total. The first-order valence-corrected chi connectivity index (χ1v) is 11.3. The van der Waals surface area contributed by atoms with Crippen molar-refractivity contribution in [1.82, 2.24) is 19.3 Å². The molecule has 11 nitrogen and oxygen atoms in total. The number of rotatable bonds is 9. The number of nitrogens with one attached hydrogen (secondary N) is 1. The van der Waals surface area contributed by atoms with Crippen molar-refractivity contribution in [2.75, 3.05) is 12.4 Å². The fourth-order valence-electron chi connectivity index (χ4n) is 3.69. The summed E-state index contributed by atoms with van der Waals surface area (Å²) in [5.41, 5.74) is -0.270. The number of hydrogen-bond donors (Lipinski definition) is 3. The van der Waals surface area contributed by atoms with E-state index in [1.165, 1.54) is 26.4 Å². The van der Waals surface area contributed by atoms with Crippen LogP contribution in [0.2, 0.25) is 0 Å². The van der Waals surface area contributed by atoms with Gasteiger partial charge in [-0.2, -0.15) is 4.68 Å². The number of anilines is 1. The fraction of sp³-hybridized carbons (Fsp3) is 0.417. The number of pyridine rings is 1. The highest BCUT2D eigenvalue weighted by Gasteiger charge is 2.29. The number of carbonyl (C=O) groups is 1. The molecule has 0 bridgehead atoms. The number of aryl methyl sites for hydroxylation is 1. The van der Waals surface area contributed by atoms with Crippen molar-refractivity contribution in [3.8, 4) is 17.3 Å². The molecular formula is C24H30FN5O6. The molecule has 1 aromatic carbocycles. The van der Waals surface area contributed by atoms with E-state index in [4.69, 9.17) is 9.47 Å². The molecule has 2 heterocycles. The van der Waals surface area contributed by atoms with Gasteiger partial charge in [-0.25, -0.2) is 14.2 Å². The van der Waals surface area contributed by atoms with Crippen LogP contribution in [0.15, 0.2) is 29.2 Å². The summed E-state index contributed by atoms with van der Waals surface area (Å²) in [5.74, 6) is -4.26. The Hall–Kier alpha value is -3.77. The van der Waals surface area contributed by atoms with E-state index in [0.29, 0.717) is 22.4 Å². The molecule has 1 atom stereocenters. The smallest absolute Gasteiger partial charge is 0.350 e. The van der Waals surface area contributed by atoms with E-state index in [1.54, 1.807) is 19.9 Å². The minimum atomic E-state index is -2.44. The lowest BCUT2D eigenvalue weighted by atomic mass is 10.1. The molecule has 0 saturated carbocycles. The molecule has 0 unspecified atom stereocenters. The normalized spacial score (nSPS) is 12.4. The minimum absolute atomic E-state index is 0.0141. The van der Waals surface area contributed by atoms with Crippen LogP contribution in [0.3, 0.4) is 0 Å². The summed E-state index contributed by atoms with van der Waals surface area (Å²) in [6.07, 6.45) is 2.66.